The van der Waals surface area contributed by atoms with Crippen LogP contribution >= 0.6 is 0 Å². The molecule has 5 rings (SSSR count). The number of nitrogens with one attached hydrogen (secondary N) is 2. The van der Waals surface area contributed by atoms with Crippen molar-refractivity contribution in [3.63, 3.8) is 0 Å². The molecule has 0 saturated carbocycles. The number of imidazole rings is 1. The highest BCUT2D eigenvalue weighted by atomic mass is 16.5. The summed E-state index contributed by atoms with van der Waals surface area (Å²) in [6, 6.07) is 17.9. The summed E-state index contributed by atoms with van der Waals surface area (Å²) in [5, 5.41) is 6.36. The van der Waals surface area contributed by atoms with Gasteiger partial charge in [-0.15, -0.1) is 0 Å². The van der Waals surface area contributed by atoms with Crippen molar-refractivity contribution in [1.29, 1.82) is 0 Å². The van der Waals surface area contributed by atoms with Crippen LogP contribution in [0.5, 0.6) is 11.5 Å². The number of anilines is 2. The van der Waals surface area contributed by atoms with E-state index >= 15 is 0 Å². The largest absolute Gasteiger partial charge is 0.457 e. The third-order valence-electron chi connectivity index (χ3n) is 6.79. The first-order valence-corrected chi connectivity index (χ1v) is 12.4. The molecule has 1 aliphatic heterocycles. The third kappa shape index (κ3) is 5.33. The zero-order valence-electron chi connectivity index (χ0n) is 21.0. The number of amides is 1. The number of benzene rings is 2. The normalized spacial score (nSPS) is 15.8. The van der Waals surface area contributed by atoms with Gasteiger partial charge < -0.3 is 24.8 Å². The number of aromatic nitrogens is 3. The highest BCUT2D eigenvalue weighted by molar-refractivity contribution is 5.92. The lowest BCUT2D eigenvalue weighted by Gasteiger charge is -2.19. The Bertz CT molecular complexity index is 1360. The second kappa shape index (κ2) is 10.4. The number of pyridine rings is 1. The van der Waals surface area contributed by atoms with Gasteiger partial charge in [0.25, 0.3) is 5.91 Å². The standard InChI is InChI=1S/C28H32N6O2/c1-19-6-8-20(9-7-19)31-28-32-24-17-22(10-11-26(24)34(28)3)36-23-13-15-29-25(18-23)27(35)30-14-12-21-5-4-16-33(21)2/h6-11,13,15,17-18,21H,4-5,12,14,16H2,1-3H3,(H,30,35)(H,31,32). The van der Waals surface area contributed by atoms with Gasteiger partial charge in [0.1, 0.15) is 17.2 Å². The van der Waals surface area contributed by atoms with Gasteiger partial charge in [-0.05, 0) is 70.1 Å². The molecule has 186 valence electrons. The molecular formula is C28H32N6O2. The van der Waals surface area contributed by atoms with Crippen LogP contribution in [-0.2, 0) is 7.05 Å². The van der Waals surface area contributed by atoms with Crippen LogP contribution in [0.1, 0.15) is 35.3 Å². The van der Waals surface area contributed by atoms with Crippen molar-refractivity contribution in [3.05, 3.63) is 72.1 Å². The summed E-state index contributed by atoms with van der Waals surface area (Å²) in [7, 11) is 4.12. The summed E-state index contributed by atoms with van der Waals surface area (Å²) >= 11 is 0. The van der Waals surface area contributed by atoms with E-state index in [1.807, 2.05) is 41.9 Å². The third-order valence-corrected chi connectivity index (χ3v) is 6.79. The number of ether oxygens (including phenoxy) is 1. The SMILES string of the molecule is Cc1ccc(Nc2nc3cc(Oc4ccnc(C(=O)NCCC5CCCN5C)c4)ccc3n2C)cc1. The number of rotatable bonds is 8. The predicted octanol–water partition coefficient (Wildman–Crippen LogP) is 5.03. The molecule has 1 saturated heterocycles. The smallest absolute Gasteiger partial charge is 0.270 e. The first-order chi connectivity index (χ1) is 17.5. The Kier molecular flexibility index (Phi) is 6.86. The van der Waals surface area contributed by atoms with E-state index < -0.39 is 0 Å². The minimum absolute atomic E-state index is 0.187. The lowest BCUT2D eigenvalue weighted by Crippen LogP contribution is -2.32. The van der Waals surface area contributed by atoms with Crippen LogP contribution < -0.4 is 15.4 Å². The van der Waals surface area contributed by atoms with Crippen molar-refractivity contribution in [2.75, 3.05) is 25.5 Å². The zero-order valence-corrected chi connectivity index (χ0v) is 21.0. The maximum atomic E-state index is 12.6. The Morgan fingerprint density at radius 3 is 2.67 bits per heavy atom. The average Bonchev–Trinajstić information content (AvgIpc) is 3.42. The van der Waals surface area contributed by atoms with Gasteiger partial charge in [0.2, 0.25) is 5.95 Å². The second-order valence-electron chi connectivity index (χ2n) is 9.44. The molecule has 3 heterocycles. The molecule has 1 atom stereocenters. The molecule has 8 heteroatoms. The van der Waals surface area contributed by atoms with Gasteiger partial charge in [-0.25, -0.2) is 4.98 Å². The number of aryl methyl sites for hydroxylation is 2. The Morgan fingerprint density at radius 1 is 1.08 bits per heavy atom. The molecule has 0 radical (unpaired) electrons. The minimum atomic E-state index is -0.187. The lowest BCUT2D eigenvalue weighted by molar-refractivity contribution is 0.0945. The topological polar surface area (TPSA) is 84.3 Å². The zero-order chi connectivity index (χ0) is 25.1. The summed E-state index contributed by atoms with van der Waals surface area (Å²) in [6.07, 6.45) is 4.96. The molecular weight excluding hydrogens is 452 g/mol. The maximum absolute atomic E-state index is 12.6. The number of nitrogens with zero attached hydrogens (tertiary/aromatic N) is 4. The molecule has 1 amide bonds. The molecule has 1 fully saturated rings. The van der Waals surface area contributed by atoms with Gasteiger partial charge in [-0.1, -0.05) is 17.7 Å². The van der Waals surface area contributed by atoms with Crippen LogP contribution in [0.3, 0.4) is 0 Å². The van der Waals surface area contributed by atoms with Crippen LogP contribution in [-0.4, -0.2) is 51.5 Å². The molecule has 1 aliphatic rings. The fourth-order valence-corrected chi connectivity index (χ4v) is 4.64. The Morgan fingerprint density at radius 2 is 1.89 bits per heavy atom. The number of carbonyl (C=O) groups is 1. The van der Waals surface area contributed by atoms with Gasteiger partial charge in [-0.2, -0.15) is 0 Å². The van der Waals surface area contributed by atoms with E-state index in [0.29, 0.717) is 29.8 Å². The Hall–Kier alpha value is -3.91. The summed E-state index contributed by atoms with van der Waals surface area (Å²) < 4.78 is 8.07. The van der Waals surface area contributed by atoms with E-state index in [0.717, 1.165) is 35.6 Å². The van der Waals surface area contributed by atoms with Crippen LogP contribution in [0.15, 0.2) is 60.8 Å². The Balaban J connectivity index is 1.24. The van der Waals surface area contributed by atoms with Gasteiger partial charge in [0, 0.05) is 43.7 Å². The van der Waals surface area contributed by atoms with Crippen molar-refractivity contribution < 1.29 is 9.53 Å². The first-order valence-electron chi connectivity index (χ1n) is 12.4. The van der Waals surface area contributed by atoms with E-state index in [1.54, 1.807) is 18.3 Å². The van der Waals surface area contributed by atoms with E-state index in [1.165, 1.54) is 18.4 Å². The average molecular weight is 485 g/mol. The quantitative estimate of drug-likeness (QED) is 0.365. The lowest BCUT2D eigenvalue weighted by atomic mass is 10.1. The van der Waals surface area contributed by atoms with Gasteiger partial charge in [0.05, 0.1) is 11.0 Å². The van der Waals surface area contributed by atoms with E-state index in [9.17, 15) is 4.79 Å². The molecule has 0 aliphatic carbocycles. The molecule has 4 aromatic rings. The van der Waals surface area contributed by atoms with Crippen molar-refractivity contribution in [2.45, 2.75) is 32.2 Å². The van der Waals surface area contributed by atoms with Crippen molar-refractivity contribution in [1.82, 2.24) is 24.8 Å². The summed E-state index contributed by atoms with van der Waals surface area (Å²) in [5.41, 5.74) is 4.33. The number of hydrogen-bond donors (Lipinski definition) is 2. The van der Waals surface area contributed by atoms with E-state index in [2.05, 4.69) is 46.6 Å². The van der Waals surface area contributed by atoms with Crippen molar-refractivity contribution >= 4 is 28.6 Å². The van der Waals surface area contributed by atoms with Gasteiger partial charge >= 0.3 is 0 Å². The van der Waals surface area contributed by atoms with Crippen molar-refractivity contribution in [2.24, 2.45) is 7.05 Å². The number of likely N-dealkylation sites (tertiary alicyclic amines) is 1. The monoisotopic (exact) mass is 484 g/mol. The molecule has 2 aromatic heterocycles. The molecule has 0 spiro atoms. The maximum Gasteiger partial charge on any atom is 0.270 e. The van der Waals surface area contributed by atoms with Gasteiger partial charge in [-0.3, -0.25) is 9.78 Å². The second-order valence-corrected chi connectivity index (χ2v) is 9.44. The highest BCUT2D eigenvalue weighted by Crippen LogP contribution is 2.28. The Labute approximate surface area is 211 Å². The molecule has 2 N–H and O–H groups in total. The van der Waals surface area contributed by atoms with Crippen LogP contribution in [0.25, 0.3) is 11.0 Å². The van der Waals surface area contributed by atoms with Gasteiger partial charge in [0.15, 0.2) is 0 Å². The van der Waals surface area contributed by atoms with Crippen LogP contribution in [0, 0.1) is 6.92 Å². The van der Waals surface area contributed by atoms with Crippen molar-refractivity contribution in [3.8, 4) is 11.5 Å². The molecule has 1 unspecified atom stereocenters. The fourth-order valence-electron chi connectivity index (χ4n) is 4.64. The first kappa shape index (κ1) is 23.8. The summed E-state index contributed by atoms with van der Waals surface area (Å²) in [6.45, 7) is 3.83. The summed E-state index contributed by atoms with van der Waals surface area (Å²) in [4.78, 5) is 24.0. The highest BCUT2D eigenvalue weighted by Gasteiger charge is 2.20. The fraction of sp³-hybridized carbons (Fsp3) is 0.321. The van der Waals surface area contributed by atoms with Crippen LogP contribution in [0.4, 0.5) is 11.6 Å². The number of hydrogen-bond acceptors (Lipinski definition) is 6. The number of carbonyl (C=O) groups excluding carboxylic acids is 1. The predicted molar refractivity (Wildman–Crippen MR) is 142 cm³/mol. The van der Waals surface area contributed by atoms with Crippen LogP contribution in [0.2, 0.25) is 0 Å². The molecule has 36 heavy (non-hydrogen) atoms. The molecule has 2 aromatic carbocycles. The molecule has 8 nitrogen and oxygen atoms in total. The minimum Gasteiger partial charge on any atom is -0.457 e. The van der Waals surface area contributed by atoms with E-state index in [-0.39, 0.29) is 5.91 Å². The number of fused-ring (bicyclic) bond motifs is 1. The molecule has 0 bridgehead atoms. The summed E-state index contributed by atoms with van der Waals surface area (Å²) in [5.74, 6) is 1.76. The van der Waals surface area contributed by atoms with E-state index in [4.69, 9.17) is 9.72 Å².